The second-order valence-corrected chi connectivity index (χ2v) is 10.1. The van der Waals surface area contributed by atoms with Crippen molar-refractivity contribution in [1.82, 2.24) is 49.0 Å². The van der Waals surface area contributed by atoms with Gasteiger partial charge in [0.05, 0.1) is 44.4 Å². The Bertz CT molecular complexity index is 1930. The third-order valence-electron chi connectivity index (χ3n) is 7.10. The van der Waals surface area contributed by atoms with Crippen LogP contribution in [0.15, 0.2) is 45.9 Å². The van der Waals surface area contributed by atoms with Crippen molar-refractivity contribution < 1.29 is 35.0 Å². The SMILES string of the molecule is Cc1cn([C@H]2C[C@H](O)[C@@H](CO)O2)c(=O)[nH]c1=O.O=c1[nH]cnc2nc[nH]c12.OC[C@H]1O[C@@H](n2cnc3c(O)ncnc32)C[C@@H]1O. The highest BCUT2D eigenvalue weighted by molar-refractivity contribution is 5.75. The maximum absolute atomic E-state index is 11.6. The molecule has 0 saturated carbocycles. The molecule has 0 bridgehead atoms. The minimum Gasteiger partial charge on any atom is -0.492 e. The van der Waals surface area contributed by atoms with Crippen molar-refractivity contribution in [1.29, 1.82) is 0 Å². The van der Waals surface area contributed by atoms with Gasteiger partial charge < -0.3 is 45.0 Å². The lowest BCUT2D eigenvalue weighted by atomic mass is 10.2. The fourth-order valence-electron chi connectivity index (χ4n) is 4.73. The molecule has 2 fully saturated rings. The van der Waals surface area contributed by atoms with E-state index in [-0.39, 0.29) is 36.6 Å². The minimum absolute atomic E-state index is 0.192. The number of rotatable bonds is 4. The summed E-state index contributed by atoms with van der Waals surface area (Å²) in [5.41, 5.74) is 0.741. The molecule has 2 aliphatic rings. The topological polar surface area (TPSA) is 292 Å². The Hall–Kier alpha value is -4.86. The number of aromatic nitrogens is 10. The lowest BCUT2D eigenvalue weighted by molar-refractivity contribution is -0.0459. The van der Waals surface area contributed by atoms with Crippen LogP contribution in [0, 0.1) is 6.92 Å². The van der Waals surface area contributed by atoms with E-state index in [9.17, 15) is 29.7 Å². The van der Waals surface area contributed by atoms with Gasteiger partial charge in [0, 0.05) is 24.6 Å². The van der Waals surface area contributed by atoms with Gasteiger partial charge in [0.15, 0.2) is 22.3 Å². The van der Waals surface area contributed by atoms with Crippen LogP contribution >= 0.6 is 0 Å². The molecule has 5 aromatic rings. The number of nitrogens with one attached hydrogen (secondary N) is 3. The first-order chi connectivity index (χ1) is 21.6. The van der Waals surface area contributed by atoms with Gasteiger partial charge in [0.1, 0.15) is 31.0 Å². The summed E-state index contributed by atoms with van der Waals surface area (Å²) in [6.45, 7) is 1.02. The fraction of sp³-hybridized carbons (Fsp3) is 0.440. The number of aryl methyl sites for hydroxylation is 1. The number of H-pyrrole nitrogens is 3. The van der Waals surface area contributed by atoms with E-state index in [1.807, 2.05) is 0 Å². The average Bonchev–Trinajstić information content (AvgIpc) is 3.82. The highest BCUT2D eigenvalue weighted by Crippen LogP contribution is 2.31. The molecule has 240 valence electrons. The summed E-state index contributed by atoms with van der Waals surface area (Å²) in [5.74, 6) is -0.198. The van der Waals surface area contributed by atoms with Crippen LogP contribution in [0.2, 0.25) is 0 Å². The normalized spacial score (nSPS) is 24.3. The van der Waals surface area contributed by atoms with Crippen molar-refractivity contribution in [2.45, 2.75) is 56.6 Å². The Morgan fingerprint density at radius 2 is 1.49 bits per heavy atom. The second kappa shape index (κ2) is 13.4. The number of nitrogens with zero attached hydrogens (tertiary/aromatic N) is 7. The van der Waals surface area contributed by atoms with Crippen molar-refractivity contribution in [2.75, 3.05) is 13.2 Å². The van der Waals surface area contributed by atoms with Crippen LogP contribution in [0.3, 0.4) is 0 Å². The van der Waals surface area contributed by atoms with Crippen LogP contribution in [-0.2, 0) is 9.47 Å². The number of aliphatic hydroxyl groups excluding tert-OH is 4. The molecule has 0 amide bonds. The fourth-order valence-corrected chi connectivity index (χ4v) is 4.73. The van der Waals surface area contributed by atoms with Crippen molar-refractivity contribution in [3.05, 3.63) is 68.3 Å². The van der Waals surface area contributed by atoms with Gasteiger partial charge in [-0.1, -0.05) is 0 Å². The molecule has 2 saturated heterocycles. The molecule has 0 radical (unpaired) electrons. The van der Waals surface area contributed by atoms with E-state index >= 15 is 0 Å². The molecule has 5 aromatic heterocycles. The van der Waals surface area contributed by atoms with E-state index in [4.69, 9.17) is 19.7 Å². The largest absolute Gasteiger partial charge is 0.492 e. The van der Waals surface area contributed by atoms with Crippen LogP contribution in [-0.4, -0.2) is 112 Å². The number of aliphatic hydroxyl groups is 4. The number of imidazole rings is 2. The molecular weight excluding hydrogens is 600 g/mol. The zero-order valence-corrected chi connectivity index (χ0v) is 23.6. The number of aromatic hydroxyl groups is 1. The summed E-state index contributed by atoms with van der Waals surface area (Å²) < 4.78 is 13.6. The van der Waals surface area contributed by atoms with Crippen molar-refractivity contribution in [2.24, 2.45) is 0 Å². The molecule has 0 aromatic carbocycles. The lowest BCUT2D eigenvalue weighted by Gasteiger charge is -2.14. The van der Waals surface area contributed by atoms with Gasteiger partial charge in [-0.3, -0.25) is 23.7 Å². The first-order valence-corrected chi connectivity index (χ1v) is 13.5. The van der Waals surface area contributed by atoms with Crippen molar-refractivity contribution in [3.63, 3.8) is 0 Å². The van der Waals surface area contributed by atoms with E-state index in [1.54, 1.807) is 11.5 Å². The number of hydrogen-bond acceptors (Lipinski definition) is 15. The predicted molar refractivity (Wildman–Crippen MR) is 151 cm³/mol. The molecule has 7 rings (SSSR count). The third kappa shape index (κ3) is 6.64. The third-order valence-corrected chi connectivity index (χ3v) is 7.10. The predicted octanol–water partition coefficient (Wildman–Crippen LogP) is -2.70. The highest BCUT2D eigenvalue weighted by Gasteiger charge is 2.36. The zero-order valence-electron chi connectivity index (χ0n) is 23.6. The molecule has 20 heteroatoms. The standard InChI is InChI=1S/C10H12N4O4.C10H14N2O5.C5H4N4O/c15-2-6-5(16)1-7(18-6)14-4-13-8-9(14)11-3-12-10(8)17;1-5-3-12(10(16)11-9(5)15)8-2-6(14)7(4-13)17-8;10-5-3-4(7-1-6-3)8-2-9-5/h3-7,15-16H,1-2H2,(H,11,12,17);3,6-8,13-14H,2,4H2,1H3,(H,11,15,16);1-2H,(H2,6,7,8,9,10)/t5-,6+,7+;6-,7+,8+;/m00./s1. The zero-order chi connectivity index (χ0) is 32.2. The Balaban J connectivity index is 0.000000139. The Labute approximate surface area is 250 Å². The van der Waals surface area contributed by atoms with Crippen LogP contribution in [0.5, 0.6) is 5.88 Å². The van der Waals surface area contributed by atoms with Gasteiger partial charge in [0.25, 0.3) is 11.1 Å². The van der Waals surface area contributed by atoms with Crippen LogP contribution in [0.1, 0.15) is 30.9 Å². The summed E-state index contributed by atoms with van der Waals surface area (Å²) in [5, 5.41) is 46.7. The van der Waals surface area contributed by atoms with Gasteiger partial charge in [0.2, 0.25) is 5.88 Å². The average molecular weight is 631 g/mol. The minimum atomic E-state index is -0.816. The van der Waals surface area contributed by atoms with Gasteiger partial charge in [-0.25, -0.2) is 24.7 Å². The van der Waals surface area contributed by atoms with E-state index < -0.39 is 48.1 Å². The summed E-state index contributed by atoms with van der Waals surface area (Å²) in [7, 11) is 0. The van der Waals surface area contributed by atoms with E-state index in [1.165, 1.54) is 36.1 Å². The van der Waals surface area contributed by atoms with Gasteiger partial charge >= 0.3 is 5.69 Å². The van der Waals surface area contributed by atoms with Gasteiger partial charge in [-0.05, 0) is 6.92 Å². The number of aromatic amines is 3. The monoisotopic (exact) mass is 630 g/mol. The van der Waals surface area contributed by atoms with Crippen molar-refractivity contribution in [3.8, 4) is 5.88 Å². The summed E-state index contributed by atoms with van der Waals surface area (Å²) in [6.07, 6.45) is 3.41. The maximum Gasteiger partial charge on any atom is 0.330 e. The summed E-state index contributed by atoms with van der Waals surface area (Å²) >= 11 is 0. The first-order valence-electron chi connectivity index (χ1n) is 13.5. The summed E-state index contributed by atoms with van der Waals surface area (Å²) in [6, 6.07) is 0. The number of hydrogen-bond donors (Lipinski definition) is 8. The van der Waals surface area contributed by atoms with Gasteiger partial charge in [-0.15, -0.1) is 0 Å². The Morgan fingerprint density at radius 3 is 2.09 bits per heavy atom. The number of ether oxygens (including phenoxy) is 2. The van der Waals surface area contributed by atoms with Crippen LogP contribution in [0.4, 0.5) is 0 Å². The van der Waals surface area contributed by atoms with Gasteiger partial charge in [-0.2, -0.15) is 4.98 Å². The Kier molecular flexibility index (Phi) is 9.41. The first kappa shape index (κ1) is 31.6. The second-order valence-electron chi connectivity index (χ2n) is 10.1. The lowest BCUT2D eigenvalue weighted by Crippen LogP contribution is -2.33. The molecule has 7 heterocycles. The molecule has 8 N–H and O–H groups in total. The molecule has 0 spiro atoms. The smallest absolute Gasteiger partial charge is 0.330 e. The van der Waals surface area contributed by atoms with E-state index in [2.05, 4.69) is 39.9 Å². The molecular formula is C25H30N10O10. The molecule has 2 aliphatic heterocycles. The van der Waals surface area contributed by atoms with Crippen molar-refractivity contribution >= 4 is 22.3 Å². The van der Waals surface area contributed by atoms with E-state index in [0.717, 1.165) is 0 Å². The molecule has 45 heavy (non-hydrogen) atoms. The molecule has 0 aliphatic carbocycles. The quantitative estimate of drug-likeness (QED) is 0.100. The molecule has 6 atom stereocenters. The molecule has 0 unspecified atom stereocenters. The summed E-state index contributed by atoms with van der Waals surface area (Å²) in [4.78, 5) is 60.1. The van der Waals surface area contributed by atoms with Crippen LogP contribution in [0.25, 0.3) is 22.3 Å². The number of fused-ring (bicyclic) bond motifs is 2. The highest BCUT2D eigenvalue weighted by atomic mass is 16.5. The maximum atomic E-state index is 11.6. The Morgan fingerprint density at radius 1 is 0.867 bits per heavy atom. The van der Waals surface area contributed by atoms with Crippen LogP contribution < -0.4 is 16.8 Å². The molecule has 20 nitrogen and oxygen atoms in total. The van der Waals surface area contributed by atoms with E-state index in [0.29, 0.717) is 28.8 Å².